The molecule has 8 nitrogen and oxygen atoms in total. The fraction of sp³-hybridized carbons (Fsp3) is 0.0909. The number of anilines is 3. The van der Waals surface area contributed by atoms with Crippen molar-refractivity contribution < 1.29 is 9.90 Å². The molecule has 2 heterocycles. The van der Waals surface area contributed by atoms with E-state index < -0.39 is 0 Å². The Hall–Kier alpha value is -4.20. The molecule has 4 rings (SSSR count). The number of urea groups is 1. The minimum absolute atomic E-state index is 0.0937. The van der Waals surface area contributed by atoms with Crippen LogP contribution in [0.5, 0.6) is 5.75 Å². The predicted molar refractivity (Wildman–Crippen MR) is 117 cm³/mol. The van der Waals surface area contributed by atoms with Gasteiger partial charge in [0.2, 0.25) is 0 Å². The minimum atomic E-state index is -0.339. The number of nitrogens with one attached hydrogen (secondary N) is 3. The fourth-order valence-corrected chi connectivity index (χ4v) is 2.93. The normalized spacial score (nSPS) is 10.6. The number of amides is 2. The largest absolute Gasteiger partial charge is 0.506 e. The number of carbonyl (C=O) groups is 1. The van der Waals surface area contributed by atoms with E-state index in [1.165, 1.54) is 0 Å². The summed E-state index contributed by atoms with van der Waals surface area (Å²) in [6.07, 6.45) is 1.57. The highest BCUT2D eigenvalue weighted by molar-refractivity contribution is 5.89. The van der Waals surface area contributed by atoms with E-state index in [9.17, 15) is 9.90 Å². The van der Waals surface area contributed by atoms with Crippen molar-refractivity contribution in [1.29, 1.82) is 0 Å². The monoisotopic (exact) mass is 400 g/mol. The van der Waals surface area contributed by atoms with Gasteiger partial charge in [0, 0.05) is 6.54 Å². The summed E-state index contributed by atoms with van der Waals surface area (Å²) < 4.78 is 0. The second kappa shape index (κ2) is 8.44. The van der Waals surface area contributed by atoms with E-state index in [4.69, 9.17) is 0 Å². The third-order valence-electron chi connectivity index (χ3n) is 4.35. The van der Waals surface area contributed by atoms with Crippen molar-refractivity contribution in [1.82, 2.24) is 20.3 Å². The Morgan fingerprint density at radius 2 is 1.77 bits per heavy atom. The molecule has 2 aromatic carbocycles. The van der Waals surface area contributed by atoms with Crippen molar-refractivity contribution in [3.8, 4) is 16.9 Å². The topological polar surface area (TPSA) is 112 Å². The van der Waals surface area contributed by atoms with E-state index in [2.05, 4.69) is 30.9 Å². The first kappa shape index (κ1) is 19.1. The van der Waals surface area contributed by atoms with Gasteiger partial charge in [0.25, 0.3) is 0 Å². The zero-order valence-corrected chi connectivity index (χ0v) is 16.3. The first-order valence-electron chi connectivity index (χ1n) is 9.46. The maximum Gasteiger partial charge on any atom is 0.320 e. The van der Waals surface area contributed by atoms with Crippen LogP contribution < -0.4 is 16.0 Å². The first-order valence-corrected chi connectivity index (χ1v) is 9.46. The van der Waals surface area contributed by atoms with Gasteiger partial charge in [0.1, 0.15) is 17.1 Å². The third kappa shape index (κ3) is 4.27. The van der Waals surface area contributed by atoms with E-state index in [0.717, 1.165) is 11.1 Å². The van der Waals surface area contributed by atoms with Crippen LogP contribution in [0.3, 0.4) is 0 Å². The van der Waals surface area contributed by atoms with Gasteiger partial charge in [-0.25, -0.2) is 19.7 Å². The molecular weight excluding hydrogens is 380 g/mol. The highest BCUT2D eigenvalue weighted by atomic mass is 16.3. The number of rotatable bonds is 5. The second-order valence-electron chi connectivity index (χ2n) is 6.50. The Kier molecular flexibility index (Phi) is 5.38. The van der Waals surface area contributed by atoms with Crippen LogP contribution in [-0.2, 0) is 0 Å². The fourth-order valence-electron chi connectivity index (χ4n) is 2.93. The molecule has 4 aromatic rings. The summed E-state index contributed by atoms with van der Waals surface area (Å²) in [6, 6.07) is 18.3. The molecule has 0 unspecified atom stereocenters. The molecule has 0 bridgehead atoms. The summed E-state index contributed by atoms with van der Waals surface area (Å²) in [5.74, 6) is 0.885. The van der Waals surface area contributed by atoms with Gasteiger partial charge in [-0.1, -0.05) is 36.4 Å². The Morgan fingerprint density at radius 3 is 2.57 bits per heavy atom. The van der Waals surface area contributed by atoms with Gasteiger partial charge in [-0.05, 0) is 42.3 Å². The number of hydrogen-bond donors (Lipinski definition) is 4. The van der Waals surface area contributed by atoms with Crippen molar-refractivity contribution >= 4 is 34.5 Å². The highest BCUT2D eigenvalue weighted by Gasteiger charge is 2.09. The van der Waals surface area contributed by atoms with Crippen molar-refractivity contribution in [2.24, 2.45) is 0 Å². The molecule has 30 heavy (non-hydrogen) atoms. The number of aromatic nitrogens is 3. The number of aromatic hydroxyl groups is 1. The smallest absolute Gasteiger partial charge is 0.320 e. The van der Waals surface area contributed by atoms with Crippen LogP contribution in [0.25, 0.3) is 22.3 Å². The minimum Gasteiger partial charge on any atom is -0.506 e. The number of phenolic OH excluding ortho intramolecular Hbond substituents is 1. The lowest BCUT2D eigenvalue weighted by Gasteiger charge is -2.11. The molecule has 0 aliphatic rings. The van der Waals surface area contributed by atoms with Crippen LogP contribution >= 0.6 is 0 Å². The molecule has 0 saturated heterocycles. The average molecular weight is 400 g/mol. The van der Waals surface area contributed by atoms with Gasteiger partial charge in [0.15, 0.2) is 11.5 Å². The molecule has 0 spiro atoms. The van der Waals surface area contributed by atoms with Crippen LogP contribution in [0.4, 0.5) is 22.1 Å². The molecule has 0 aliphatic heterocycles. The lowest BCUT2D eigenvalue weighted by molar-refractivity contribution is 0.252. The number of nitrogens with zero attached hydrogens (tertiary/aromatic N) is 3. The number of carbonyl (C=O) groups excluding carboxylic acids is 1. The van der Waals surface area contributed by atoms with Crippen molar-refractivity contribution in [3.05, 3.63) is 66.9 Å². The van der Waals surface area contributed by atoms with Crippen molar-refractivity contribution in [2.45, 2.75) is 6.92 Å². The Morgan fingerprint density at radius 1 is 0.967 bits per heavy atom. The highest BCUT2D eigenvalue weighted by Crippen LogP contribution is 2.31. The van der Waals surface area contributed by atoms with E-state index in [-0.39, 0.29) is 11.8 Å². The molecule has 150 valence electrons. The molecule has 0 atom stereocenters. The zero-order valence-electron chi connectivity index (χ0n) is 16.3. The molecule has 0 saturated carbocycles. The molecule has 0 fully saturated rings. The molecule has 2 aromatic heterocycles. The summed E-state index contributed by atoms with van der Waals surface area (Å²) in [4.78, 5) is 24.9. The molecule has 0 aliphatic carbocycles. The van der Waals surface area contributed by atoms with Gasteiger partial charge < -0.3 is 15.7 Å². The lowest BCUT2D eigenvalue weighted by atomic mass is 10.0. The van der Waals surface area contributed by atoms with Crippen LogP contribution in [0.2, 0.25) is 0 Å². The second-order valence-corrected chi connectivity index (χ2v) is 6.50. The summed E-state index contributed by atoms with van der Waals surface area (Å²) in [5, 5.41) is 18.7. The van der Waals surface area contributed by atoms with Crippen LogP contribution in [-0.4, -0.2) is 32.6 Å². The zero-order chi connectivity index (χ0) is 20.9. The SMILES string of the molecule is CCNC(=O)Nc1ccc2ncc(Nc3cc(-c4ccccc4)ccc3O)nc2n1. The number of phenols is 1. The maximum absolute atomic E-state index is 11.7. The first-order chi connectivity index (χ1) is 14.6. The van der Waals surface area contributed by atoms with E-state index in [1.807, 2.05) is 49.4 Å². The standard InChI is InChI=1S/C22H20N6O2/c1-2-23-22(30)28-19-11-9-16-21(26-19)27-20(13-24-16)25-17-12-15(8-10-18(17)29)14-6-4-3-5-7-14/h3-13,29H,2H2,1H3,(H3,23,25,26,27,28,30). The molecular formula is C22H20N6O2. The third-order valence-corrected chi connectivity index (χ3v) is 4.35. The van der Waals surface area contributed by atoms with Gasteiger partial charge in [-0.2, -0.15) is 0 Å². The predicted octanol–water partition coefficient (Wildman–Crippen LogP) is 4.28. The molecule has 0 radical (unpaired) electrons. The Bertz CT molecular complexity index is 1200. The Labute approximate surface area is 173 Å². The molecule has 2 amide bonds. The van der Waals surface area contributed by atoms with Gasteiger partial charge >= 0.3 is 6.03 Å². The molecule has 4 N–H and O–H groups in total. The number of hydrogen-bond acceptors (Lipinski definition) is 6. The van der Waals surface area contributed by atoms with Crippen LogP contribution in [0.1, 0.15) is 6.92 Å². The summed E-state index contributed by atoms with van der Waals surface area (Å²) in [7, 11) is 0. The van der Waals surface area contributed by atoms with Crippen molar-refractivity contribution in [3.63, 3.8) is 0 Å². The van der Waals surface area contributed by atoms with E-state index in [0.29, 0.717) is 35.0 Å². The summed E-state index contributed by atoms with van der Waals surface area (Å²) in [6.45, 7) is 2.35. The summed E-state index contributed by atoms with van der Waals surface area (Å²) in [5.41, 5.74) is 3.45. The molecule has 8 heteroatoms. The van der Waals surface area contributed by atoms with Gasteiger partial charge in [-0.15, -0.1) is 0 Å². The quantitative estimate of drug-likeness (QED) is 0.372. The number of pyridine rings is 1. The van der Waals surface area contributed by atoms with Crippen LogP contribution in [0.15, 0.2) is 66.9 Å². The summed E-state index contributed by atoms with van der Waals surface area (Å²) >= 11 is 0. The van der Waals surface area contributed by atoms with Crippen molar-refractivity contribution in [2.75, 3.05) is 17.2 Å². The van der Waals surface area contributed by atoms with E-state index in [1.54, 1.807) is 24.4 Å². The van der Waals surface area contributed by atoms with Gasteiger partial charge in [0.05, 0.1) is 11.9 Å². The average Bonchev–Trinajstić information content (AvgIpc) is 2.76. The van der Waals surface area contributed by atoms with Crippen LogP contribution in [0, 0.1) is 0 Å². The van der Waals surface area contributed by atoms with E-state index >= 15 is 0 Å². The Balaban J connectivity index is 1.61. The number of benzene rings is 2. The number of fused-ring (bicyclic) bond motifs is 1. The van der Waals surface area contributed by atoms with Gasteiger partial charge in [-0.3, -0.25) is 5.32 Å². The lowest BCUT2D eigenvalue weighted by Crippen LogP contribution is -2.28. The maximum atomic E-state index is 11.7.